The van der Waals surface area contributed by atoms with E-state index in [1.807, 2.05) is 32.6 Å². The molecule has 8 nitrogen and oxygen atoms in total. The fourth-order valence-corrected chi connectivity index (χ4v) is 6.46. The van der Waals surface area contributed by atoms with Crippen molar-refractivity contribution in [2.24, 2.45) is 16.8 Å². The van der Waals surface area contributed by atoms with Crippen LogP contribution in [0, 0.1) is 17.7 Å². The second-order valence-electron chi connectivity index (χ2n) is 12.3. The van der Waals surface area contributed by atoms with Crippen molar-refractivity contribution in [2.75, 3.05) is 24.6 Å². The van der Waals surface area contributed by atoms with Crippen molar-refractivity contribution in [2.45, 2.75) is 77.5 Å². The third-order valence-corrected chi connectivity index (χ3v) is 8.70. The minimum atomic E-state index is -3.24. The van der Waals surface area contributed by atoms with Crippen LogP contribution in [-0.2, 0) is 4.74 Å². The highest BCUT2D eigenvalue weighted by Gasteiger charge is 2.38. The van der Waals surface area contributed by atoms with Crippen LogP contribution in [0.15, 0.2) is 39.5 Å². The number of fused-ring (bicyclic) bond motifs is 5. The van der Waals surface area contributed by atoms with Crippen molar-refractivity contribution >= 4 is 34.3 Å². The Morgan fingerprint density at radius 2 is 1.95 bits per heavy atom. The molecule has 2 aromatic rings. The van der Waals surface area contributed by atoms with E-state index in [1.54, 1.807) is 6.21 Å². The van der Waals surface area contributed by atoms with Crippen molar-refractivity contribution in [3.05, 3.63) is 51.7 Å². The van der Waals surface area contributed by atoms with E-state index in [0.717, 1.165) is 6.08 Å². The van der Waals surface area contributed by atoms with E-state index in [9.17, 15) is 4.79 Å². The summed E-state index contributed by atoms with van der Waals surface area (Å²) in [6.45, 7) is 7.97. The van der Waals surface area contributed by atoms with Gasteiger partial charge in [0.15, 0.2) is 5.65 Å². The molecule has 2 unspecified atom stereocenters. The Bertz CT molecular complexity index is 1630. The van der Waals surface area contributed by atoms with Crippen molar-refractivity contribution in [3.8, 4) is 0 Å². The summed E-state index contributed by atoms with van der Waals surface area (Å²) < 4.78 is 68.9. The topological polar surface area (TPSA) is 84.6 Å². The minimum absolute atomic E-state index is 0.0334. The van der Waals surface area contributed by atoms with Gasteiger partial charge in [-0.3, -0.25) is 4.99 Å². The second-order valence-corrected chi connectivity index (χ2v) is 12.3. The quantitative estimate of drug-likeness (QED) is 0.460. The molecule has 43 heavy (non-hydrogen) atoms. The van der Waals surface area contributed by atoms with E-state index in [4.69, 9.17) is 4.74 Å². The highest BCUT2D eigenvalue weighted by atomic mass is 19.3. The molecule has 2 bridgehead atoms. The van der Waals surface area contributed by atoms with Crippen LogP contribution >= 0.6 is 0 Å². The molecule has 230 valence electrons. The molecule has 2 aromatic heterocycles. The molecule has 1 fully saturated rings. The van der Waals surface area contributed by atoms with Crippen molar-refractivity contribution in [1.82, 2.24) is 19.9 Å². The molecule has 0 amide bonds. The van der Waals surface area contributed by atoms with E-state index in [0.29, 0.717) is 30.9 Å². The fraction of sp³-hybridized carbons (Fsp3) is 0.548. The SMILES string of the molecule is CC(C)C1=C2C(CC=N1)CCC(F)(F)COC1CC=CC(F)=C1c1nc3c(cc1F)c(N1C[C@@H](C)NC[C@@H]1C)nc(=O)n32. The third-order valence-electron chi connectivity index (χ3n) is 8.70. The number of anilines is 1. The Morgan fingerprint density at radius 1 is 1.16 bits per heavy atom. The van der Waals surface area contributed by atoms with Crippen LogP contribution in [0.1, 0.15) is 59.1 Å². The van der Waals surface area contributed by atoms with Gasteiger partial charge >= 0.3 is 5.69 Å². The van der Waals surface area contributed by atoms with Crippen LogP contribution in [0.4, 0.5) is 23.4 Å². The summed E-state index contributed by atoms with van der Waals surface area (Å²) in [6.07, 6.45) is 3.05. The third kappa shape index (κ3) is 5.43. The number of pyridine rings is 1. The number of ether oxygens (including phenoxy) is 1. The van der Waals surface area contributed by atoms with Gasteiger partial charge in [-0.05, 0) is 51.2 Å². The number of nitrogens with zero attached hydrogens (tertiary/aromatic N) is 5. The molecule has 0 spiro atoms. The minimum Gasteiger partial charge on any atom is -0.367 e. The van der Waals surface area contributed by atoms with E-state index in [-0.39, 0.29) is 59.0 Å². The van der Waals surface area contributed by atoms with E-state index in [2.05, 4.69) is 20.3 Å². The summed E-state index contributed by atoms with van der Waals surface area (Å²) in [5.74, 6) is -5.32. The van der Waals surface area contributed by atoms with Gasteiger partial charge in [-0.25, -0.2) is 31.9 Å². The number of aromatic nitrogens is 3. The van der Waals surface area contributed by atoms with Gasteiger partial charge in [-0.2, -0.15) is 4.98 Å². The maximum atomic E-state index is 16.1. The molecular formula is C31H36F4N6O2. The van der Waals surface area contributed by atoms with Crippen LogP contribution in [0.5, 0.6) is 0 Å². The number of halogens is 4. The van der Waals surface area contributed by atoms with Crippen LogP contribution in [-0.4, -0.2) is 64.6 Å². The highest BCUT2D eigenvalue weighted by molar-refractivity contribution is 5.92. The van der Waals surface area contributed by atoms with Gasteiger partial charge < -0.3 is 15.0 Å². The summed E-state index contributed by atoms with van der Waals surface area (Å²) in [5.41, 5.74) is -0.257. The van der Waals surface area contributed by atoms with Crippen molar-refractivity contribution in [3.63, 3.8) is 0 Å². The summed E-state index contributed by atoms with van der Waals surface area (Å²) in [6, 6.07) is 1.24. The molecule has 1 aliphatic carbocycles. The number of hydrogen-bond acceptors (Lipinski definition) is 7. The zero-order valence-electron chi connectivity index (χ0n) is 24.7. The fourth-order valence-electron chi connectivity index (χ4n) is 6.46. The molecule has 0 aromatic carbocycles. The van der Waals surface area contributed by atoms with Gasteiger partial charge in [-0.15, -0.1) is 0 Å². The number of allylic oxidation sites excluding steroid dienone is 4. The van der Waals surface area contributed by atoms with Crippen LogP contribution in [0.2, 0.25) is 0 Å². The zero-order chi connectivity index (χ0) is 30.6. The molecule has 6 rings (SSSR count). The van der Waals surface area contributed by atoms with Gasteiger partial charge in [0.1, 0.15) is 29.8 Å². The lowest BCUT2D eigenvalue weighted by molar-refractivity contribution is -0.0948. The number of hydrogen-bond donors (Lipinski definition) is 1. The van der Waals surface area contributed by atoms with Gasteiger partial charge in [0.05, 0.1) is 22.9 Å². The normalized spacial score (nSPS) is 27.7. The van der Waals surface area contributed by atoms with Crippen LogP contribution in [0.25, 0.3) is 22.3 Å². The second kappa shape index (κ2) is 11.3. The molecule has 4 atom stereocenters. The summed E-state index contributed by atoms with van der Waals surface area (Å²) >= 11 is 0. The summed E-state index contributed by atoms with van der Waals surface area (Å²) in [4.78, 5) is 29.8. The molecule has 5 heterocycles. The van der Waals surface area contributed by atoms with Gasteiger partial charge in [-0.1, -0.05) is 19.9 Å². The van der Waals surface area contributed by atoms with Gasteiger partial charge in [0, 0.05) is 49.3 Å². The number of piperazine rings is 1. The van der Waals surface area contributed by atoms with Crippen molar-refractivity contribution < 1.29 is 22.3 Å². The Labute approximate surface area is 247 Å². The standard InChI is InChI=1S/C31H36F4N6O2/c1-16(2)25-27-19(9-11-36-25)8-10-31(34,35)15-43-23-7-5-6-21(32)24(23)26-22(33)12-20-28(39-30(42)41(27)29(20)38-26)40-14-17(3)37-13-18(40)4/h5-6,11-12,16-19,23,37H,7-10,13-15H2,1-4H3/t17-,18+,19?,23?/m1/s1. The van der Waals surface area contributed by atoms with Crippen LogP contribution < -0.4 is 15.9 Å². The number of rotatable bonds is 2. The molecule has 0 radical (unpaired) electrons. The first-order chi connectivity index (χ1) is 20.4. The predicted octanol–water partition coefficient (Wildman–Crippen LogP) is 5.49. The maximum Gasteiger partial charge on any atom is 0.355 e. The molecule has 0 saturated carbocycles. The average molecular weight is 601 g/mol. The zero-order valence-corrected chi connectivity index (χ0v) is 24.7. The molecular weight excluding hydrogens is 564 g/mol. The van der Waals surface area contributed by atoms with Crippen LogP contribution in [0.3, 0.4) is 0 Å². The molecule has 3 aliphatic heterocycles. The highest BCUT2D eigenvalue weighted by Crippen LogP contribution is 2.41. The molecule has 4 aliphatic rings. The van der Waals surface area contributed by atoms with E-state index < -0.39 is 48.3 Å². The Morgan fingerprint density at radius 3 is 2.72 bits per heavy atom. The summed E-state index contributed by atoms with van der Waals surface area (Å²) in [5, 5.41) is 3.67. The number of alkyl halides is 2. The predicted molar refractivity (Wildman–Crippen MR) is 158 cm³/mol. The molecule has 1 saturated heterocycles. The van der Waals surface area contributed by atoms with E-state index in [1.165, 1.54) is 16.7 Å². The Balaban J connectivity index is 1.71. The van der Waals surface area contributed by atoms with Crippen molar-refractivity contribution in [1.29, 1.82) is 0 Å². The lowest BCUT2D eigenvalue weighted by Crippen LogP contribution is -2.55. The largest absolute Gasteiger partial charge is 0.367 e. The van der Waals surface area contributed by atoms with Gasteiger partial charge in [0.2, 0.25) is 0 Å². The Kier molecular flexibility index (Phi) is 7.78. The molecule has 12 heteroatoms. The summed E-state index contributed by atoms with van der Waals surface area (Å²) in [7, 11) is 0. The first-order valence-electron chi connectivity index (χ1n) is 14.9. The first kappa shape index (κ1) is 29.7. The lowest BCUT2D eigenvalue weighted by Gasteiger charge is -2.39. The van der Waals surface area contributed by atoms with E-state index >= 15 is 17.6 Å². The smallest absolute Gasteiger partial charge is 0.355 e. The first-order valence-corrected chi connectivity index (χ1v) is 14.9. The Hall–Kier alpha value is -3.38. The molecule has 1 N–H and O–H groups in total. The number of nitrogens with one attached hydrogen (secondary N) is 1. The van der Waals surface area contributed by atoms with Gasteiger partial charge in [0.25, 0.3) is 5.92 Å². The monoisotopic (exact) mass is 600 g/mol. The number of aliphatic imine (C=N–C) groups is 1. The average Bonchev–Trinajstić information content (AvgIpc) is 2.96. The lowest BCUT2D eigenvalue weighted by atomic mass is 9.88. The maximum absolute atomic E-state index is 16.1.